The van der Waals surface area contributed by atoms with Crippen LogP contribution in [0.25, 0.3) is 16.9 Å². The largest absolute Gasteiger partial charge is 0.356 e. The van der Waals surface area contributed by atoms with Crippen molar-refractivity contribution in [3.63, 3.8) is 0 Å². The zero-order chi connectivity index (χ0) is 20.1. The van der Waals surface area contributed by atoms with E-state index >= 15 is 0 Å². The Morgan fingerprint density at radius 3 is 2.38 bits per heavy atom. The summed E-state index contributed by atoms with van der Waals surface area (Å²) in [5, 5.41) is 0. The Labute approximate surface area is 181 Å². The maximum Gasteiger partial charge on any atom is 0.165 e. The molecule has 1 aromatic carbocycles. The predicted molar refractivity (Wildman–Crippen MR) is 123 cm³/mol. The van der Waals surface area contributed by atoms with Crippen LogP contribution in [0, 0.1) is 25.7 Å². The lowest BCUT2D eigenvalue weighted by Gasteiger charge is -2.25. The third-order valence-electron chi connectivity index (χ3n) is 6.24. The van der Waals surface area contributed by atoms with E-state index in [9.17, 15) is 0 Å². The molecular formula is C24H29BrN4. The van der Waals surface area contributed by atoms with Gasteiger partial charge in [0, 0.05) is 35.5 Å². The van der Waals surface area contributed by atoms with Crippen LogP contribution in [0.5, 0.6) is 0 Å². The minimum absolute atomic E-state index is 0.860. The molecule has 29 heavy (non-hydrogen) atoms. The molecule has 2 aromatic heterocycles. The molecule has 2 saturated carbocycles. The number of aryl methyl sites for hydroxylation is 3. The Kier molecular flexibility index (Phi) is 4.89. The van der Waals surface area contributed by atoms with Gasteiger partial charge in [0.2, 0.25) is 0 Å². The van der Waals surface area contributed by atoms with Crippen LogP contribution in [0.3, 0.4) is 0 Å². The Bertz CT molecular complexity index is 1030. The molecule has 0 atom stereocenters. The van der Waals surface area contributed by atoms with E-state index < -0.39 is 0 Å². The average Bonchev–Trinajstić information content (AvgIpc) is 3.60. The first-order chi connectivity index (χ1) is 14.0. The number of halogens is 1. The van der Waals surface area contributed by atoms with Crippen LogP contribution in [-0.4, -0.2) is 27.5 Å². The SMILES string of the molecule is CCc1nc2c(-c3c(C)cc(C)cc3Br)nccn2c1N(CC1CC1)CC1CC1. The van der Waals surface area contributed by atoms with Crippen LogP contribution in [0.2, 0.25) is 0 Å². The van der Waals surface area contributed by atoms with E-state index in [1.54, 1.807) is 0 Å². The molecule has 0 spiro atoms. The molecule has 0 saturated heterocycles. The van der Waals surface area contributed by atoms with Gasteiger partial charge in [0.1, 0.15) is 11.5 Å². The first-order valence-corrected chi connectivity index (χ1v) is 11.7. The molecule has 0 amide bonds. The van der Waals surface area contributed by atoms with Gasteiger partial charge in [-0.3, -0.25) is 9.38 Å². The van der Waals surface area contributed by atoms with Crippen molar-refractivity contribution in [2.45, 2.75) is 52.9 Å². The summed E-state index contributed by atoms with van der Waals surface area (Å²) in [6, 6.07) is 4.40. The van der Waals surface area contributed by atoms with Crippen LogP contribution in [-0.2, 0) is 6.42 Å². The third kappa shape index (κ3) is 3.70. The lowest BCUT2D eigenvalue weighted by Crippen LogP contribution is -2.30. The van der Waals surface area contributed by atoms with Crippen molar-refractivity contribution in [2.24, 2.45) is 11.8 Å². The van der Waals surface area contributed by atoms with Crippen LogP contribution in [0.15, 0.2) is 29.0 Å². The van der Waals surface area contributed by atoms with Crippen molar-refractivity contribution in [2.75, 3.05) is 18.0 Å². The van der Waals surface area contributed by atoms with Gasteiger partial charge in [-0.25, -0.2) is 4.98 Å². The molecule has 0 bridgehead atoms. The molecule has 5 rings (SSSR count). The lowest BCUT2D eigenvalue weighted by atomic mass is 10.0. The van der Waals surface area contributed by atoms with Gasteiger partial charge in [0.15, 0.2) is 5.65 Å². The Morgan fingerprint density at radius 2 is 1.79 bits per heavy atom. The van der Waals surface area contributed by atoms with Crippen LogP contribution < -0.4 is 4.90 Å². The second-order valence-electron chi connectivity index (χ2n) is 8.94. The van der Waals surface area contributed by atoms with E-state index in [1.807, 2.05) is 6.20 Å². The van der Waals surface area contributed by atoms with Gasteiger partial charge >= 0.3 is 0 Å². The lowest BCUT2D eigenvalue weighted by molar-refractivity contribution is 0.665. The summed E-state index contributed by atoms with van der Waals surface area (Å²) in [7, 11) is 0. The average molecular weight is 453 g/mol. The standard InChI is InChI=1S/C24H29BrN4/c1-4-20-24(28(13-17-5-6-17)14-18-7-8-18)29-10-9-26-22(23(29)27-20)21-16(3)11-15(2)12-19(21)25/h9-12,17-18H,4-8,13-14H2,1-3H3. The van der Waals surface area contributed by atoms with E-state index in [2.05, 4.69) is 64.3 Å². The van der Waals surface area contributed by atoms with Crippen molar-refractivity contribution < 1.29 is 0 Å². The number of hydrogen-bond acceptors (Lipinski definition) is 3. The molecule has 0 radical (unpaired) electrons. The number of anilines is 1. The molecule has 152 valence electrons. The van der Waals surface area contributed by atoms with E-state index in [-0.39, 0.29) is 0 Å². The summed E-state index contributed by atoms with van der Waals surface area (Å²) in [5.74, 6) is 3.02. The molecule has 3 aromatic rings. The maximum atomic E-state index is 5.13. The molecular weight excluding hydrogens is 424 g/mol. The highest BCUT2D eigenvalue weighted by atomic mass is 79.9. The molecule has 2 fully saturated rings. The molecule has 2 aliphatic rings. The van der Waals surface area contributed by atoms with Crippen molar-refractivity contribution in [3.8, 4) is 11.3 Å². The number of rotatable bonds is 7. The van der Waals surface area contributed by atoms with Crippen LogP contribution in [0.1, 0.15) is 49.4 Å². The zero-order valence-corrected chi connectivity index (χ0v) is 19.2. The second kappa shape index (κ2) is 7.42. The monoisotopic (exact) mass is 452 g/mol. The van der Waals surface area contributed by atoms with E-state index in [0.717, 1.165) is 39.6 Å². The van der Waals surface area contributed by atoms with Gasteiger partial charge in [-0.05, 0) is 75.0 Å². The highest BCUT2D eigenvalue weighted by Gasteiger charge is 2.32. The molecule has 0 N–H and O–H groups in total. The summed E-state index contributed by atoms with van der Waals surface area (Å²) in [6.45, 7) is 8.85. The second-order valence-corrected chi connectivity index (χ2v) is 9.79. The molecule has 4 nitrogen and oxygen atoms in total. The highest BCUT2D eigenvalue weighted by molar-refractivity contribution is 9.10. The normalized spacial score (nSPS) is 16.6. The first-order valence-electron chi connectivity index (χ1n) is 10.9. The molecule has 5 heteroatoms. The number of benzene rings is 1. The van der Waals surface area contributed by atoms with Gasteiger partial charge in [0.05, 0.1) is 5.69 Å². The van der Waals surface area contributed by atoms with Crippen LogP contribution >= 0.6 is 15.9 Å². The fourth-order valence-corrected chi connectivity index (χ4v) is 5.31. The van der Waals surface area contributed by atoms with Gasteiger partial charge in [0.25, 0.3) is 0 Å². The summed E-state index contributed by atoms with van der Waals surface area (Å²) in [5.41, 5.74) is 6.77. The minimum atomic E-state index is 0.860. The quantitative estimate of drug-likeness (QED) is 0.442. The highest BCUT2D eigenvalue weighted by Crippen LogP contribution is 2.39. The third-order valence-corrected chi connectivity index (χ3v) is 6.87. The molecule has 2 heterocycles. The van der Waals surface area contributed by atoms with Gasteiger partial charge in [-0.15, -0.1) is 0 Å². The Hall–Kier alpha value is -1.88. The number of fused-ring (bicyclic) bond motifs is 1. The molecule has 0 unspecified atom stereocenters. The number of imidazole rings is 1. The van der Waals surface area contributed by atoms with E-state index in [4.69, 9.17) is 9.97 Å². The van der Waals surface area contributed by atoms with Crippen molar-refractivity contribution in [1.29, 1.82) is 0 Å². The maximum absolute atomic E-state index is 5.13. The van der Waals surface area contributed by atoms with Crippen molar-refractivity contribution in [3.05, 3.63) is 45.8 Å². The summed E-state index contributed by atoms with van der Waals surface area (Å²) in [4.78, 5) is 12.6. The van der Waals surface area contributed by atoms with Crippen LogP contribution in [0.4, 0.5) is 5.82 Å². The minimum Gasteiger partial charge on any atom is -0.356 e. The van der Waals surface area contributed by atoms with Crippen molar-refractivity contribution >= 4 is 27.4 Å². The van der Waals surface area contributed by atoms with Gasteiger partial charge in [-0.1, -0.05) is 28.9 Å². The number of hydrogen-bond donors (Lipinski definition) is 0. The predicted octanol–water partition coefficient (Wildman–Crippen LogP) is 5.96. The van der Waals surface area contributed by atoms with Gasteiger partial charge < -0.3 is 4.90 Å². The van der Waals surface area contributed by atoms with Crippen molar-refractivity contribution in [1.82, 2.24) is 14.4 Å². The zero-order valence-electron chi connectivity index (χ0n) is 17.6. The number of nitrogens with zero attached hydrogens (tertiary/aromatic N) is 4. The fraction of sp³-hybridized carbons (Fsp3) is 0.500. The smallest absolute Gasteiger partial charge is 0.165 e. The first kappa shape index (κ1) is 19.1. The van der Waals surface area contributed by atoms with Gasteiger partial charge in [-0.2, -0.15) is 0 Å². The molecule has 0 aliphatic heterocycles. The topological polar surface area (TPSA) is 33.4 Å². The number of aromatic nitrogens is 3. The summed E-state index contributed by atoms with van der Waals surface area (Å²) >= 11 is 3.79. The molecule has 2 aliphatic carbocycles. The van der Waals surface area contributed by atoms with E-state index in [0.29, 0.717) is 0 Å². The Balaban J connectivity index is 1.67. The Morgan fingerprint density at radius 1 is 1.10 bits per heavy atom. The fourth-order valence-electron chi connectivity index (χ4n) is 4.45. The summed E-state index contributed by atoms with van der Waals surface area (Å²) in [6.07, 6.45) is 10.5. The van der Waals surface area contributed by atoms with E-state index in [1.165, 1.54) is 61.4 Å². The summed E-state index contributed by atoms with van der Waals surface area (Å²) < 4.78 is 3.39.